The summed E-state index contributed by atoms with van der Waals surface area (Å²) in [5.74, 6) is -0.518. The van der Waals surface area contributed by atoms with E-state index in [9.17, 15) is 26.3 Å². The van der Waals surface area contributed by atoms with Gasteiger partial charge in [0.2, 0.25) is 0 Å². The topological polar surface area (TPSA) is 22.1 Å². The molecule has 0 saturated carbocycles. The van der Waals surface area contributed by atoms with Gasteiger partial charge in [-0.05, 0) is 52.9 Å². The minimum atomic E-state index is -4.86. The van der Waals surface area contributed by atoms with Gasteiger partial charge in [-0.25, -0.2) is 0 Å². The van der Waals surface area contributed by atoms with E-state index in [2.05, 4.69) is 9.72 Å². The average Bonchev–Trinajstić information content (AvgIpc) is 2.36. The molecule has 2 nitrogen and oxygen atoms in total. The summed E-state index contributed by atoms with van der Waals surface area (Å²) in [6.45, 7) is 0. The maximum Gasteiger partial charge on any atom is 0.573 e. The highest BCUT2D eigenvalue weighted by Gasteiger charge is 2.37. The summed E-state index contributed by atoms with van der Waals surface area (Å²) in [4.78, 5) is 3.69. The van der Waals surface area contributed by atoms with Crippen LogP contribution in [0, 0.1) is 3.57 Å². The quantitative estimate of drug-likeness (QED) is 0.476. The van der Waals surface area contributed by atoms with Crippen LogP contribution >= 0.6 is 22.6 Å². The van der Waals surface area contributed by atoms with Gasteiger partial charge in [-0.2, -0.15) is 13.2 Å². The lowest BCUT2D eigenvalue weighted by Gasteiger charge is -2.14. The molecule has 0 unspecified atom stereocenters. The molecule has 0 spiro atoms. The molecule has 0 amide bonds. The molecule has 0 radical (unpaired) electrons. The summed E-state index contributed by atoms with van der Waals surface area (Å²) in [5.41, 5.74) is -1.24. The summed E-state index contributed by atoms with van der Waals surface area (Å²) in [6.07, 6.45) is -8.28. The highest BCUT2D eigenvalue weighted by atomic mass is 127. The molecule has 1 aromatic heterocycles. The largest absolute Gasteiger partial charge is 0.573 e. The van der Waals surface area contributed by atoms with Gasteiger partial charge in [-0.1, -0.05) is 0 Å². The second kappa shape index (κ2) is 5.94. The van der Waals surface area contributed by atoms with Crippen LogP contribution in [0.1, 0.15) is 5.56 Å². The highest BCUT2D eigenvalue weighted by Crippen LogP contribution is 2.39. The molecule has 0 aliphatic carbocycles. The Morgan fingerprint density at radius 3 is 2.00 bits per heavy atom. The number of nitrogens with zero attached hydrogens (tertiary/aromatic N) is 1. The lowest BCUT2D eigenvalue weighted by atomic mass is 10.1. The molecule has 9 heteroatoms. The van der Waals surface area contributed by atoms with Crippen molar-refractivity contribution in [2.45, 2.75) is 12.5 Å². The Bertz CT molecular complexity index is 666. The average molecular weight is 433 g/mol. The van der Waals surface area contributed by atoms with Gasteiger partial charge in [0.1, 0.15) is 5.75 Å². The second-order valence-corrected chi connectivity index (χ2v) is 5.25. The molecular weight excluding hydrogens is 427 g/mol. The predicted octanol–water partition coefficient (Wildman–Crippen LogP) is 5.27. The molecule has 0 aliphatic rings. The van der Waals surface area contributed by atoms with E-state index in [0.29, 0.717) is 0 Å². The van der Waals surface area contributed by atoms with Crippen molar-refractivity contribution in [1.29, 1.82) is 0 Å². The van der Waals surface area contributed by atoms with Gasteiger partial charge >= 0.3 is 12.5 Å². The van der Waals surface area contributed by atoms with Gasteiger partial charge in [0.15, 0.2) is 0 Å². The van der Waals surface area contributed by atoms with Crippen LogP contribution < -0.4 is 4.74 Å². The minimum Gasteiger partial charge on any atom is -0.406 e. The van der Waals surface area contributed by atoms with Gasteiger partial charge in [0.05, 0.1) is 11.3 Å². The normalized spacial score (nSPS) is 12.3. The van der Waals surface area contributed by atoms with Gasteiger partial charge in [0.25, 0.3) is 0 Å². The van der Waals surface area contributed by atoms with Crippen molar-refractivity contribution < 1.29 is 31.1 Å². The number of ether oxygens (including phenoxy) is 1. The molecule has 2 rings (SSSR count). The Kier molecular flexibility index (Phi) is 4.54. The first-order valence-corrected chi connectivity index (χ1v) is 6.74. The van der Waals surface area contributed by atoms with Gasteiger partial charge in [-0.15, -0.1) is 13.2 Å². The van der Waals surface area contributed by atoms with Crippen molar-refractivity contribution in [1.82, 2.24) is 4.98 Å². The number of benzene rings is 1. The third kappa shape index (κ3) is 4.02. The molecular formula is C13H6F6INO. The van der Waals surface area contributed by atoms with Crippen LogP contribution in [0.2, 0.25) is 0 Å². The number of hydrogen-bond acceptors (Lipinski definition) is 2. The van der Waals surface area contributed by atoms with Crippen LogP contribution in [-0.2, 0) is 6.18 Å². The third-order valence-corrected chi connectivity index (χ3v) is 3.44. The summed E-state index contributed by atoms with van der Waals surface area (Å²) >= 11 is 1.53. The van der Waals surface area contributed by atoms with E-state index in [-0.39, 0.29) is 14.8 Å². The van der Waals surface area contributed by atoms with E-state index in [1.165, 1.54) is 34.9 Å². The van der Waals surface area contributed by atoms with E-state index in [0.717, 1.165) is 24.3 Å². The number of rotatable bonds is 2. The fraction of sp³-hybridized carbons (Fsp3) is 0.154. The standard InChI is InChI=1S/C13H6F6INO/c14-12(15,16)10-9(20)5-6-21-11(10)7-1-3-8(4-2-7)22-13(17,18)19/h1-6H. The van der Waals surface area contributed by atoms with Crippen molar-refractivity contribution in [3.8, 4) is 17.0 Å². The first-order valence-electron chi connectivity index (χ1n) is 5.66. The molecule has 0 atom stereocenters. The molecule has 0 saturated heterocycles. The van der Waals surface area contributed by atoms with Crippen LogP contribution in [0.3, 0.4) is 0 Å². The monoisotopic (exact) mass is 433 g/mol. The third-order valence-electron chi connectivity index (χ3n) is 2.54. The van der Waals surface area contributed by atoms with E-state index >= 15 is 0 Å². The summed E-state index contributed by atoms with van der Waals surface area (Å²) in [6, 6.07) is 5.26. The molecule has 0 N–H and O–H groups in total. The number of pyridine rings is 1. The Balaban J connectivity index is 2.43. The van der Waals surface area contributed by atoms with E-state index in [1.54, 1.807) is 0 Å². The van der Waals surface area contributed by atoms with Crippen molar-refractivity contribution in [3.05, 3.63) is 45.7 Å². The lowest BCUT2D eigenvalue weighted by Crippen LogP contribution is -2.17. The molecule has 0 aliphatic heterocycles. The zero-order valence-corrected chi connectivity index (χ0v) is 12.6. The summed E-state index contributed by atoms with van der Waals surface area (Å²) < 4.78 is 79.0. The van der Waals surface area contributed by atoms with Crippen molar-refractivity contribution in [2.24, 2.45) is 0 Å². The van der Waals surface area contributed by atoms with E-state index in [1.807, 2.05) is 0 Å². The zero-order valence-electron chi connectivity index (χ0n) is 10.5. The first kappa shape index (κ1) is 16.8. The fourth-order valence-corrected chi connectivity index (χ4v) is 2.46. The Labute approximate surface area is 134 Å². The van der Waals surface area contributed by atoms with Gasteiger partial charge in [0, 0.05) is 15.3 Å². The minimum absolute atomic E-state index is 0.0420. The predicted molar refractivity (Wildman–Crippen MR) is 74.1 cm³/mol. The number of halogens is 7. The van der Waals surface area contributed by atoms with E-state index < -0.39 is 23.9 Å². The molecule has 0 fully saturated rings. The fourth-order valence-electron chi connectivity index (χ4n) is 1.74. The number of aromatic nitrogens is 1. The van der Waals surface area contributed by atoms with Crippen LogP contribution in [0.5, 0.6) is 5.75 Å². The SMILES string of the molecule is FC(F)(F)Oc1ccc(-c2nccc(I)c2C(F)(F)F)cc1. The van der Waals surface area contributed by atoms with Crippen molar-refractivity contribution >= 4 is 22.6 Å². The molecule has 1 aromatic carbocycles. The molecule has 118 valence electrons. The summed E-state index contributed by atoms with van der Waals surface area (Å²) in [5, 5.41) is 0. The number of alkyl halides is 6. The Morgan fingerprint density at radius 1 is 0.909 bits per heavy atom. The highest BCUT2D eigenvalue weighted by molar-refractivity contribution is 14.1. The van der Waals surface area contributed by atoms with Crippen molar-refractivity contribution in [2.75, 3.05) is 0 Å². The second-order valence-electron chi connectivity index (χ2n) is 4.09. The van der Waals surface area contributed by atoms with Crippen LogP contribution in [-0.4, -0.2) is 11.3 Å². The maximum absolute atomic E-state index is 13.1. The van der Waals surface area contributed by atoms with Crippen LogP contribution in [0.4, 0.5) is 26.3 Å². The zero-order chi connectivity index (χ0) is 16.5. The van der Waals surface area contributed by atoms with Gasteiger partial charge in [-0.3, -0.25) is 4.98 Å². The summed E-state index contributed by atoms with van der Waals surface area (Å²) in [7, 11) is 0. The van der Waals surface area contributed by atoms with Crippen molar-refractivity contribution in [3.63, 3.8) is 0 Å². The molecule has 1 heterocycles. The Hall–Kier alpha value is -1.52. The first-order chi connectivity index (χ1) is 10.1. The maximum atomic E-state index is 13.1. The van der Waals surface area contributed by atoms with E-state index in [4.69, 9.17) is 0 Å². The van der Waals surface area contributed by atoms with Crippen LogP contribution in [0.25, 0.3) is 11.3 Å². The molecule has 22 heavy (non-hydrogen) atoms. The number of hydrogen-bond donors (Lipinski definition) is 0. The van der Waals surface area contributed by atoms with Crippen LogP contribution in [0.15, 0.2) is 36.5 Å². The smallest absolute Gasteiger partial charge is 0.406 e. The molecule has 2 aromatic rings. The van der Waals surface area contributed by atoms with Gasteiger partial charge < -0.3 is 4.74 Å². The molecule has 0 bridgehead atoms. The Morgan fingerprint density at radius 2 is 1.50 bits per heavy atom. The lowest BCUT2D eigenvalue weighted by molar-refractivity contribution is -0.274.